The van der Waals surface area contributed by atoms with Gasteiger partial charge in [-0.15, -0.1) is 11.3 Å². The van der Waals surface area contributed by atoms with Crippen LogP contribution in [0.1, 0.15) is 20.7 Å². The van der Waals surface area contributed by atoms with Crippen molar-refractivity contribution in [3.63, 3.8) is 0 Å². The Morgan fingerprint density at radius 2 is 2.11 bits per heavy atom. The first-order valence-electron chi connectivity index (χ1n) is 4.81. The lowest BCUT2D eigenvalue weighted by atomic mass is 10.3. The number of anilines is 1. The van der Waals surface area contributed by atoms with Gasteiger partial charge in [-0.05, 0) is 40.8 Å². The smallest absolute Gasteiger partial charge is 0.337 e. The Labute approximate surface area is 120 Å². The van der Waals surface area contributed by atoms with Crippen LogP contribution in [0.3, 0.4) is 0 Å². The van der Waals surface area contributed by atoms with E-state index >= 15 is 0 Å². The monoisotopic (exact) mass is 374 g/mol. The van der Waals surface area contributed by atoms with Crippen LogP contribution in [-0.4, -0.2) is 22.0 Å². The molecular formula is C11H7IN2O3S. The molecular weight excluding hydrogens is 367 g/mol. The summed E-state index contributed by atoms with van der Waals surface area (Å²) in [7, 11) is 0. The molecule has 0 saturated heterocycles. The molecule has 0 aliphatic rings. The average molecular weight is 374 g/mol. The van der Waals surface area contributed by atoms with Gasteiger partial charge in [-0.3, -0.25) is 4.79 Å². The third kappa shape index (κ3) is 3.05. The number of thiophene rings is 1. The molecule has 0 atom stereocenters. The average Bonchev–Trinajstić information content (AvgIpc) is 2.76. The zero-order valence-corrected chi connectivity index (χ0v) is 11.9. The molecule has 92 valence electrons. The van der Waals surface area contributed by atoms with Gasteiger partial charge in [-0.1, -0.05) is 0 Å². The van der Waals surface area contributed by atoms with E-state index in [4.69, 9.17) is 5.11 Å². The van der Waals surface area contributed by atoms with Crippen molar-refractivity contribution in [1.82, 2.24) is 4.98 Å². The van der Waals surface area contributed by atoms with Crippen molar-refractivity contribution in [3.8, 4) is 0 Å². The Morgan fingerprint density at radius 1 is 1.33 bits per heavy atom. The summed E-state index contributed by atoms with van der Waals surface area (Å²) in [5.41, 5.74) is 0.645. The summed E-state index contributed by atoms with van der Waals surface area (Å²) in [6, 6.07) is 4.62. The lowest BCUT2D eigenvalue weighted by molar-refractivity contribution is 0.0696. The first-order valence-corrected chi connectivity index (χ1v) is 6.77. The quantitative estimate of drug-likeness (QED) is 0.810. The molecule has 0 radical (unpaired) electrons. The fourth-order valence-corrected chi connectivity index (χ4v) is 2.54. The highest BCUT2D eigenvalue weighted by atomic mass is 127. The maximum absolute atomic E-state index is 11.8. The highest BCUT2D eigenvalue weighted by Gasteiger charge is 2.09. The van der Waals surface area contributed by atoms with E-state index in [2.05, 4.69) is 32.9 Å². The van der Waals surface area contributed by atoms with Gasteiger partial charge in [0.1, 0.15) is 5.82 Å². The molecule has 1 amide bonds. The third-order valence-corrected chi connectivity index (χ3v) is 3.87. The minimum atomic E-state index is -1.05. The Morgan fingerprint density at radius 3 is 2.61 bits per heavy atom. The number of nitrogens with zero attached hydrogens (tertiary/aromatic N) is 1. The number of halogens is 1. The number of carbonyl (C=O) groups excluding carboxylic acids is 1. The Bertz CT molecular complexity index is 595. The molecule has 0 aromatic carbocycles. The van der Waals surface area contributed by atoms with Gasteiger partial charge < -0.3 is 10.4 Å². The molecule has 0 unspecified atom stereocenters. The predicted octanol–water partition coefficient (Wildman–Crippen LogP) is 2.70. The number of rotatable bonds is 3. The summed E-state index contributed by atoms with van der Waals surface area (Å²) < 4.78 is 1.02. The lowest BCUT2D eigenvalue weighted by Gasteiger charge is -2.02. The number of carboxylic acid groups (broad SMARTS) is 1. The maximum Gasteiger partial charge on any atom is 0.337 e. The number of carbonyl (C=O) groups is 2. The number of aromatic carboxylic acids is 1. The summed E-state index contributed by atoms with van der Waals surface area (Å²) in [5, 5.41) is 13.1. The number of pyridine rings is 1. The number of nitrogens with one attached hydrogen (secondary N) is 1. The van der Waals surface area contributed by atoms with Gasteiger partial charge in [0.25, 0.3) is 5.91 Å². The molecule has 2 N–H and O–H groups in total. The van der Waals surface area contributed by atoms with Crippen molar-refractivity contribution in [2.24, 2.45) is 0 Å². The van der Waals surface area contributed by atoms with Crippen LogP contribution in [-0.2, 0) is 0 Å². The number of hydrogen-bond acceptors (Lipinski definition) is 4. The zero-order valence-electron chi connectivity index (χ0n) is 8.88. The first-order chi connectivity index (χ1) is 8.56. The van der Waals surface area contributed by atoms with Gasteiger partial charge in [0, 0.05) is 11.6 Å². The van der Waals surface area contributed by atoms with Crippen molar-refractivity contribution < 1.29 is 14.7 Å². The Kier molecular flexibility index (Phi) is 3.92. The fraction of sp³-hybridized carbons (Fsp3) is 0. The van der Waals surface area contributed by atoms with Crippen LogP contribution in [0, 0.1) is 2.88 Å². The van der Waals surface area contributed by atoms with Crippen LogP contribution in [0.25, 0.3) is 0 Å². The van der Waals surface area contributed by atoms with Crippen molar-refractivity contribution in [3.05, 3.63) is 43.8 Å². The second kappa shape index (κ2) is 5.44. The van der Waals surface area contributed by atoms with E-state index in [0.717, 1.165) is 2.88 Å². The first kappa shape index (κ1) is 13.0. The van der Waals surface area contributed by atoms with E-state index in [1.165, 1.54) is 29.7 Å². The second-order valence-corrected chi connectivity index (χ2v) is 6.14. The van der Waals surface area contributed by atoms with Crippen LogP contribution < -0.4 is 5.32 Å². The van der Waals surface area contributed by atoms with Crippen LogP contribution >= 0.6 is 33.9 Å². The Balaban J connectivity index is 2.10. The summed E-state index contributed by atoms with van der Waals surface area (Å²) in [6.07, 6.45) is 1.20. The van der Waals surface area contributed by atoms with Gasteiger partial charge in [0.2, 0.25) is 0 Å². The van der Waals surface area contributed by atoms with E-state index in [9.17, 15) is 9.59 Å². The van der Waals surface area contributed by atoms with Crippen LogP contribution in [0.4, 0.5) is 5.82 Å². The van der Waals surface area contributed by atoms with Gasteiger partial charge in [-0.2, -0.15) is 0 Å². The maximum atomic E-state index is 11.8. The zero-order chi connectivity index (χ0) is 13.1. The highest BCUT2D eigenvalue weighted by Crippen LogP contribution is 2.17. The van der Waals surface area contributed by atoms with E-state index in [1.54, 1.807) is 11.4 Å². The molecule has 18 heavy (non-hydrogen) atoms. The molecule has 2 rings (SSSR count). The van der Waals surface area contributed by atoms with Crippen molar-refractivity contribution in [2.45, 2.75) is 0 Å². The highest BCUT2D eigenvalue weighted by molar-refractivity contribution is 14.1. The van der Waals surface area contributed by atoms with Crippen molar-refractivity contribution in [2.75, 3.05) is 5.32 Å². The molecule has 0 fully saturated rings. The number of hydrogen-bond donors (Lipinski definition) is 2. The van der Waals surface area contributed by atoms with Crippen LogP contribution in [0.2, 0.25) is 0 Å². The van der Waals surface area contributed by atoms with Crippen LogP contribution in [0.5, 0.6) is 0 Å². The Hall–Kier alpha value is -1.48. The summed E-state index contributed by atoms with van der Waals surface area (Å²) in [5.74, 6) is -0.983. The molecule has 5 nitrogen and oxygen atoms in total. The summed E-state index contributed by atoms with van der Waals surface area (Å²) >= 11 is 3.61. The minimum absolute atomic E-state index is 0.0816. The normalized spacial score (nSPS) is 10.1. The lowest BCUT2D eigenvalue weighted by Crippen LogP contribution is -2.12. The van der Waals surface area contributed by atoms with Crippen LogP contribution in [0.15, 0.2) is 29.8 Å². The molecule has 0 spiro atoms. The van der Waals surface area contributed by atoms with Crippen molar-refractivity contribution in [1.29, 1.82) is 0 Å². The standard InChI is InChI=1S/C11H7IN2O3S/c12-8-3-7(5-18-8)10(15)14-9-2-1-6(4-13-9)11(16)17/h1-5H,(H,16,17)(H,13,14,15). The summed E-state index contributed by atoms with van der Waals surface area (Å²) in [4.78, 5) is 26.3. The largest absolute Gasteiger partial charge is 0.478 e. The predicted molar refractivity (Wildman–Crippen MR) is 76.2 cm³/mol. The van der Waals surface area contributed by atoms with E-state index in [0.29, 0.717) is 11.4 Å². The molecule has 2 aromatic rings. The SMILES string of the molecule is O=C(O)c1ccc(NC(=O)c2csc(I)c2)nc1. The van der Waals surface area contributed by atoms with Gasteiger partial charge >= 0.3 is 5.97 Å². The topological polar surface area (TPSA) is 79.3 Å². The molecule has 0 aliphatic heterocycles. The third-order valence-electron chi connectivity index (χ3n) is 2.08. The number of amides is 1. The fourth-order valence-electron chi connectivity index (χ4n) is 1.21. The van der Waals surface area contributed by atoms with Crippen molar-refractivity contribution >= 4 is 51.6 Å². The molecule has 0 aliphatic carbocycles. The molecule has 7 heteroatoms. The van der Waals surface area contributed by atoms with Gasteiger partial charge in [0.05, 0.1) is 14.0 Å². The van der Waals surface area contributed by atoms with E-state index < -0.39 is 5.97 Å². The number of aromatic nitrogens is 1. The summed E-state index contributed by atoms with van der Waals surface area (Å²) in [6.45, 7) is 0. The van der Waals surface area contributed by atoms with E-state index in [1.807, 2.05) is 0 Å². The van der Waals surface area contributed by atoms with Gasteiger partial charge in [0.15, 0.2) is 0 Å². The van der Waals surface area contributed by atoms with Gasteiger partial charge in [-0.25, -0.2) is 9.78 Å². The minimum Gasteiger partial charge on any atom is -0.478 e. The number of carboxylic acids is 1. The molecule has 0 bridgehead atoms. The van der Waals surface area contributed by atoms with E-state index in [-0.39, 0.29) is 11.5 Å². The molecule has 2 aromatic heterocycles. The molecule has 0 saturated carbocycles. The second-order valence-electron chi connectivity index (χ2n) is 3.33. The molecule has 2 heterocycles.